The van der Waals surface area contributed by atoms with Crippen LogP contribution in [-0.2, 0) is 14.3 Å². The Hall–Kier alpha value is -2.54. The molecule has 1 amide bonds. The predicted octanol–water partition coefficient (Wildman–Crippen LogP) is 3.50. The number of halogens is 1. The van der Waals surface area contributed by atoms with E-state index < -0.39 is 5.97 Å². The lowest BCUT2D eigenvalue weighted by molar-refractivity contribution is -0.145. The molecule has 0 bridgehead atoms. The fourth-order valence-electron chi connectivity index (χ4n) is 1.91. The lowest BCUT2D eigenvalue weighted by Crippen LogP contribution is -2.15. The van der Waals surface area contributed by atoms with Gasteiger partial charge in [0.15, 0.2) is 6.61 Å². The number of hydrogen-bond acceptors (Lipinski definition) is 5. The summed E-state index contributed by atoms with van der Waals surface area (Å²) in [6.07, 6.45) is 0. The van der Waals surface area contributed by atoms with Crippen LogP contribution in [0, 0.1) is 5.82 Å². The highest BCUT2D eigenvalue weighted by molar-refractivity contribution is 8.00. The number of carbonyl (C=O) groups excluding carboxylic acids is 2. The van der Waals surface area contributed by atoms with Crippen molar-refractivity contribution in [2.24, 2.45) is 0 Å². The van der Waals surface area contributed by atoms with E-state index in [-0.39, 0.29) is 30.7 Å². The second-order valence-electron chi connectivity index (χ2n) is 4.89. The Morgan fingerprint density at radius 2 is 1.96 bits per heavy atom. The fourth-order valence-corrected chi connectivity index (χ4v) is 2.65. The third-order valence-corrected chi connectivity index (χ3v) is 4.02. The third-order valence-electron chi connectivity index (χ3n) is 2.98. The number of nitrogens with one attached hydrogen (secondary N) is 1. The van der Waals surface area contributed by atoms with Gasteiger partial charge in [-0.05, 0) is 31.2 Å². The van der Waals surface area contributed by atoms with Crippen molar-refractivity contribution in [3.05, 3.63) is 54.3 Å². The molecular formula is C18H18FNO4S. The number of esters is 1. The molecule has 0 aliphatic heterocycles. The normalized spacial score (nSPS) is 10.2. The summed E-state index contributed by atoms with van der Waals surface area (Å²) in [5, 5.41) is 2.71. The van der Waals surface area contributed by atoms with Crippen LogP contribution in [0.3, 0.4) is 0 Å². The van der Waals surface area contributed by atoms with E-state index >= 15 is 0 Å². The van der Waals surface area contributed by atoms with E-state index in [0.29, 0.717) is 16.3 Å². The van der Waals surface area contributed by atoms with E-state index in [4.69, 9.17) is 9.47 Å². The van der Waals surface area contributed by atoms with Crippen molar-refractivity contribution in [3.63, 3.8) is 0 Å². The van der Waals surface area contributed by atoms with E-state index in [1.54, 1.807) is 49.4 Å². The minimum Gasteiger partial charge on any atom is -0.482 e. The van der Waals surface area contributed by atoms with Gasteiger partial charge in [-0.25, -0.2) is 9.18 Å². The minimum absolute atomic E-state index is 0.0782. The Morgan fingerprint density at radius 1 is 1.16 bits per heavy atom. The summed E-state index contributed by atoms with van der Waals surface area (Å²) in [6.45, 7) is 1.81. The van der Waals surface area contributed by atoms with E-state index in [2.05, 4.69) is 5.32 Å². The molecule has 7 heteroatoms. The monoisotopic (exact) mass is 363 g/mol. The summed E-state index contributed by atoms with van der Waals surface area (Å²) < 4.78 is 23.6. The minimum atomic E-state index is -0.460. The Kier molecular flexibility index (Phi) is 7.28. The highest BCUT2D eigenvalue weighted by atomic mass is 32.2. The molecule has 0 saturated heterocycles. The second-order valence-corrected chi connectivity index (χ2v) is 5.91. The third kappa shape index (κ3) is 6.46. The smallest absolute Gasteiger partial charge is 0.344 e. The largest absolute Gasteiger partial charge is 0.482 e. The van der Waals surface area contributed by atoms with Gasteiger partial charge < -0.3 is 14.8 Å². The van der Waals surface area contributed by atoms with Crippen molar-refractivity contribution >= 4 is 29.3 Å². The van der Waals surface area contributed by atoms with Crippen molar-refractivity contribution in [2.45, 2.75) is 11.8 Å². The summed E-state index contributed by atoms with van der Waals surface area (Å²) in [7, 11) is 0. The molecule has 0 unspecified atom stereocenters. The van der Waals surface area contributed by atoms with E-state index in [0.717, 1.165) is 11.8 Å². The lowest BCUT2D eigenvalue weighted by atomic mass is 10.3. The molecule has 2 aromatic carbocycles. The Morgan fingerprint density at radius 3 is 2.72 bits per heavy atom. The first-order valence-electron chi connectivity index (χ1n) is 7.64. The molecule has 5 nitrogen and oxygen atoms in total. The predicted molar refractivity (Wildman–Crippen MR) is 94.3 cm³/mol. The van der Waals surface area contributed by atoms with Crippen LogP contribution in [0.5, 0.6) is 5.75 Å². The molecule has 0 spiro atoms. The topological polar surface area (TPSA) is 64.6 Å². The zero-order chi connectivity index (χ0) is 18.1. The number of benzene rings is 2. The molecule has 0 fully saturated rings. The number of hydrogen-bond donors (Lipinski definition) is 1. The SMILES string of the molecule is CCOC(=O)COc1cccc(NC(=O)CSc2ccccc2F)c1. The second kappa shape index (κ2) is 9.68. The van der Waals surface area contributed by atoms with Crippen LogP contribution in [0.15, 0.2) is 53.4 Å². The van der Waals surface area contributed by atoms with Crippen molar-refractivity contribution in [3.8, 4) is 5.75 Å². The Bertz CT molecular complexity index is 739. The number of ether oxygens (including phenoxy) is 2. The maximum Gasteiger partial charge on any atom is 0.344 e. The van der Waals surface area contributed by atoms with Gasteiger partial charge in [-0.15, -0.1) is 11.8 Å². The Balaban J connectivity index is 1.85. The molecule has 0 saturated carbocycles. The van der Waals surface area contributed by atoms with Crippen molar-refractivity contribution in [1.82, 2.24) is 0 Å². The van der Waals surface area contributed by atoms with Crippen LogP contribution in [0.2, 0.25) is 0 Å². The molecule has 0 heterocycles. The van der Waals surface area contributed by atoms with E-state index in [9.17, 15) is 14.0 Å². The number of anilines is 1. The fraction of sp³-hybridized carbons (Fsp3) is 0.222. The van der Waals surface area contributed by atoms with Crippen LogP contribution in [0.25, 0.3) is 0 Å². The lowest BCUT2D eigenvalue weighted by Gasteiger charge is -2.09. The summed E-state index contributed by atoms with van der Waals surface area (Å²) in [5.74, 6) is -0.564. The van der Waals surface area contributed by atoms with Crippen molar-refractivity contribution < 1.29 is 23.5 Å². The number of carbonyl (C=O) groups is 2. The number of thioether (sulfide) groups is 1. The van der Waals surface area contributed by atoms with Gasteiger partial charge in [-0.2, -0.15) is 0 Å². The van der Waals surface area contributed by atoms with Gasteiger partial charge >= 0.3 is 5.97 Å². The highest BCUT2D eigenvalue weighted by Gasteiger charge is 2.08. The summed E-state index contributed by atoms with van der Waals surface area (Å²) >= 11 is 1.12. The average molecular weight is 363 g/mol. The average Bonchev–Trinajstić information content (AvgIpc) is 2.60. The molecule has 0 aromatic heterocycles. The van der Waals surface area contributed by atoms with Gasteiger partial charge in [-0.1, -0.05) is 18.2 Å². The highest BCUT2D eigenvalue weighted by Crippen LogP contribution is 2.22. The molecular weight excluding hydrogens is 345 g/mol. The van der Waals surface area contributed by atoms with E-state index in [1.807, 2.05) is 0 Å². The quantitative estimate of drug-likeness (QED) is 0.574. The van der Waals surface area contributed by atoms with Crippen LogP contribution in [0.4, 0.5) is 10.1 Å². The molecule has 25 heavy (non-hydrogen) atoms. The maximum absolute atomic E-state index is 13.5. The zero-order valence-corrected chi connectivity index (χ0v) is 14.5. The first kappa shape index (κ1) is 18.8. The first-order chi connectivity index (χ1) is 12.1. The van der Waals surface area contributed by atoms with Gasteiger partial charge in [0.25, 0.3) is 0 Å². The van der Waals surface area contributed by atoms with Crippen LogP contribution < -0.4 is 10.1 Å². The van der Waals surface area contributed by atoms with Crippen molar-refractivity contribution in [2.75, 3.05) is 24.3 Å². The van der Waals surface area contributed by atoms with Crippen LogP contribution in [0.1, 0.15) is 6.92 Å². The number of amides is 1. The molecule has 0 radical (unpaired) electrons. The van der Waals surface area contributed by atoms with Gasteiger partial charge in [0.05, 0.1) is 12.4 Å². The number of rotatable bonds is 8. The molecule has 0 aliphatic carbocycles. The Labute approximate surface area is 149 Å². The van der Waals surface area contributed by atoms with Crippen LogP contribution in [-0.4, -0.2) is 30.8 Å². The molecule has 0 aliphatic rings. The molecule has 1 N–H and O–H groups in total. The molecule has 132 valence electrons. The molecule has 2 aromatic rings. The van der Waals surface area contributed by atoms with Crippen LogP contribution >= 0.6 is 11.8 Å². The summed E-state index contributed by atoms with van der Waals surface area (Å²) in [4.78, 5) is 23.7. The van der Waals surface area contributed by atoms with E-state index in [1.165, 1.54) is 6.07 Å². The molecule has 0 atom stereocenters. The van der Waals surface area contributed by atoms with Crippen molar-refractivity contribution in [1.29, 1.82) is 0 Å². The summed E-state index contributed by atoms with van der Waals surface area (Å²) in [6, 6.07) is 13.0. The van der Waals surface area contributed by atoms with Gasteiger partial charge in [0.2, 0.25) is 5.91 Å². The first-order valence-corrected chi connectivity index (χ1v) is 8.62. The van der Waals surface area contributed by atoms with Gasteiger partial charge in [0.1, 0.15) is 11.6 Å². The van der Waals surface area contributed by atoms with Gasteiger partial charge in [-0.3, -0.25) is 4.79 Å². The zero-order valence-electron chi connectivity index (χ0n) is 13.7. The maximum atomic E-state index is 13.5. The summed E-state index contributed by atoms with van der Waals surface area (Å²) in [5.41, 5.74) is 0.528. The van der Waals surface area contributed by atoms with Gasteiger partial charge in [0, 0.05) is 16.6 Å². The standard InChI is InChI=1S/C18H18FNO4S/c1-2-23-18(22)11-24-14-7-5-6-13(10-14)20-17(21)12-25-16-9-4-3-8-15(16)19/h3-10H,2,11-12H2,1H3,(H,20,21). The molecule has 2 rings (SSSR count).